The molecule has 2 aromatic rings. The van der Waals surface area contributed by atoms with Crippen molar-refractivity contribution >= 4 is 35.0 Å². The van der Waals surface area contributed by atoms with Crippen molar-refractivity contribution in [3.05, 3.63) is 53.1 Å². The maximum absolute atomic E-state index is 12.9. The maximum Gasteiger partial charge on any atom is 0.247 e. The molecular formula is C19H20N2O2S. The minimum atomic E-state index is -0.428. The lowest BCUT2D eigenvalue weighted by atomic mass is 10.0. The number of nitrogens with zero attached hydrogens (tertiary/aromatic N) is 1. The molecule has 2 N–H and O–H groups in total. The summed E-state index contributed by atoms with van der Waals surface area (Å²) in [5.74, 6) is -0.314. The first kappa shape index (κ1) is 16.6. The topological polar surface area (TPSA) is 63.4 Å². The normalized spacial score (nSPS) is 17.6. The molecule has 1 aliphatic heterocycles. The van der Waals surface area contributed by atoms with Crippen LogP contribution in [0.15, 0.2) is 41.3 Å². The van der Waals surface area contributed by atoms with Crippen LogP contribution in [0.4, 0.5) is 11.4 Å². The number of thioether (sulfide) groups is 1. The summed E-state index contributed by atoms with van der Waals surface area (Å²) < 4.78 is 0. The average Bonchev–Trinajstić information content (AvgIpc) is 2.76. The summed E-state index contributed by atoms with van der Waals surface area (Å²) >= 11 is 1.37. The molecule has 0 saturated carbocycles. The zero-order valence-electron chi connectivity index (χ0n) is 14.0. The van der Waals surface area contributed by atoms with Crippen molar-refractivity contribution in [2.75, 3.05) is 10.6 Å². The van der Waals surface area contributed by atoms with E-state index in [9.17, 15) is 9.59 Å². The Bertz CT molecular complexity index is 809. The highest BCUT2D eigenvalue weighted by Crippen LogP contribution is 2.38. The number of para-hydroxylation sites is 1. The van der Waals surface area contributed by atoms with Gasteiger partial charge in [-0.1, -0.05) is 29.8 Å². The number of hydrogen-bond acceptors (Lipinski definition) is 4. The summed E-state index contributed by atoms with van der Waals surface area (Å²) in [6.07, 6.45) is 0.199. The first-order chi connectivity index (χ1) is 11.4. The minimum absolute atomic E-state index is 0.151. The zero-order chi connectivity index (χ0) is 17.4. The molecular weight excluding hydrogens is 320 g/mol. The Labute approximate surface area is 146 Å². The number of carbonyl (C=O) groups excluding carboxylic acids is 2. The summed E-state index contributed by atoms with van der Waals surface area (Å²) in [5.41, 5.74) is 10.3. The van der Waals surface area contributed by atoms with Gasteiger partial charge >= 0.3 is 0 Å². The number of nitrogen functional groups attached to an aromatic ring is 1. The van der Waals surface area contributed by atoms with Gasteiger partial charge in [0.1, 0.15) is 0 Å². The van der Waals surface area contributed by atoms with Crippen molar-refractivity contribution in [1.82, 2.24) is 0 Å². The van der Waals surface area contributed by atoms with Gasteiger partial charge in [-0.2, -0.15) is 0 Å². The van der Waals surface area contributed by atoms with Gasteiger partial charge in [0.2, 0.25) is 11.8 Å². The Morgan fingerprint density at radius 3 is 2.33 bits per heavy atom. The molecule has 124 valence electrons. The molecule has 0 unspecified atom stereocenters. The maximum atomic E-state index is 12.9. The van der Waals surface area contributed by atoms with E-state index in [4.69, 9.17) is 5.73 Å². The van der Waals surface area contributed by atoms with Gasteiger partial charge in [0, 0.05) is 17.0 Å². The quantitative estimate of drug-likeness (QED) is 0.685. The van der Waals surface area contributed by atoms with Crippen molar-refractivity contribution in [2.45, 2.75) is 37.3 Å². The van der Waals surface area contributed by atoms with E-state index in [1.54, 1.807) is 6.07 Å². The molecule has 4 nitrogen and oxygen atoms in total. The van der Waals surface area contributed by atoms with Gasteiger partial charge in [0.25, 0.3) is 0 Å². The third-order valence-electron chi connectivity index (χ3n) is 4.15. The Hall–Kier alpha value is -2.27. The van der Waals surface area contributed by atoms with Crippen LogP contribution in [0.5, 0.6) is 0 Å². The van der Waals surface area contributed by atoms with Crippen molar-refractivity contribution < 1.29 is 9.59 Å². The Morgan fingerprint density at radius 1 is 1.08 bits per heavy atom. The van der Waals surface area contributed by atoms with Crippen LogP contribution in [0.3, 0.4) is 0 Å². The molecule has 1 fully saturated rings. The second kappa shape index (κ2) is 6.32. The highest BCUT2D eigenvalue weighted by Gasteiger charge is 2.41. The van der Waals surface area contributed by atoms with Gasteiger partial charge in [-0.15, -0.1) is 11.8 Å². The molecule has 1 heterocycles. The van der Waals surface area contributed by atoms with Gasteiger partial charge in [-0.3, -0.25) is 9.59 Å². The zero-order valence-corrected chi connectivity index (χ0v) is 14.8. The molecule has 0 spiro atoms. The number of benzene rings is 2. The summed E-state index contributed by atoms with van der Waals surface area (Å²) in [7, 11) is 0. The fraction of sp³-hybridized carbons (Fsp3) is 0.263. The molecule has 24 heavy (non-hydrogen) atoms. The van der Waals surface area contributed by atoms with Crippen LogP contribution in [0.2, 0.25) is 0 Å². The molecule has 2 aromatic carbocycles. The van der Waals surface area contributed by atoms with Gasteiger partial charge in [-0.05, 0) is 44.0 Å². The summed E-state index contributed by atoms with van der Waals surface area (Å²) in [6.45, 7) is 5.88. The van der Waals surface area contributed by atoms with E-state index in [0.717, 1.165) is 27.3 Å². The third-order valence-corrected chi connectivity index (χ3v) is 5.43. The number of nitrogens with two attached hydrogens (primary N) is 1. The fourth-order valence-corrected chi connectivity index (χ4v) is 4.30. The minimum Gasteiger partial charge on any atom is -0.398 e. The van der Waals surface area contributed by atoms with Crippen LogP contribution >= 0.6 is 11.8 Å². The lowest BCUT2D eigenvalue weighted by Crippen LogP contribution is -2.32. The van der Waals surface area contributed by atoms with E-state index in [1.165, 1.54) is 16.7 Å². The van der Waals surface area contributed by atoms with Crippen LogP contribution in [0.25, 0.3) is 0 Å². The average molecular weight is 340 g/mol. The van der Waals surface area contributed by atoms with Crippen molar-refractivity contribution in [3.8, 4) is 0 Å². The van der Waals surface area contributed by atoms with Crippen LogP contribution in [-0.2, 0) is 9.59 Å². The summed E-state index contributed by atoms with van der Waals surface area (Å²) in [5, 5.41) is -0.428. The van der Waals surface area contributed by atoms with Crippen molar-refractivity contribution in [1.29, 1.82) is 0 Å². The van der Waals surface area contributed by atoms with Crippen molar-refractivity contribution in [3.63, 3.8) is 0 Å². The number of hydrogen-bond donors (Lipinski definition) is 1. The SMILES string of the molecule is Cc1cc(C)c(N2C(=O)C[C@H](Sc3ccccc3N)C2=O)c(C)c1. The molecule has 5 heteroatoms. The van der Waals surface area contributed by atoms with E-state index >= 15 is 0 Å². The first-order valence-electron chi connectivity index (χ1n) is 7.84. The first-order valence-corrected chi connectivity index (χ1v) is 8.72. The molecule has 3 rings (SSSR count). The molecule has 0 aromatic heterocycles. The smallest absolute Gasteiger partial charge is 0.247 e. The summed E-state index contributed by atoms with van der Waals surface area (Å²) in [6, 6.07) is 11.4. The van der Waals surface area contributed by atoms with Gasteiger partial charge < -0.3 is 5.73 Å². The van der Waals surface area contributed by atoms with E-state index < -0.39 is 5.25 Å². The van der Waals surface area contributed by atoms with Crippen LogP contribution in [0, 0.1) is 20.8 Å². The van der Waals surface area contributed by atoms with Gasteiger partial charge in [-0.25, -0.2) is 4.90 Å². The number of carbonyl (C=O) groups is 2. The molecule has 0 bridgehead atoms. The Balaban J connectivity index is 1.92. The van der Waals surface area contributed by atoms with E-state index in [0.29, 0.717) is 5.69 Å². The van der Waals surface area contributed by atoms with Crippen LogP contribution in [0.1, 0.15) is 23.1 Å². The number of imide groups is 1. The predicted octanol–water partition coefficient (Wildman–Crippen LogP) is 3.62. The largest absolute Gasteiger partial charge is 0.398 e. The Morgan fingerprint density at radius 2 is 1.71 bits per heavy atom. The highest BCUT2D eigenvalue weighted by molar-refractivity contribution is 8.00. The van der Waals surface area contributed by atoms with E-state index in [1.807, 2.05) is 51.1 Å². The van der Waals surface area contributed by atoms with E-state index in [-0.39, 0.29) is 18.2 Å². The van der Waals surface area contributed by atoms with E-state index in [2.05, 4.69) is 0 Å². The molecule has 2 amide bonds. The lowest BCUT2D eigenvalue weighted by molar-refractivity contribution is -0.121. The standard InChI is InChI=1S/C19H20N2O2S/c1-11-8-12(2)18(13(3)9-11)21-17(22)10-16(19(21)23)24-15-7-5-4-6-14(15)20/h4-9,16H,10,20H2,1-3H3/t16-/m0/s1. The second-order valence-electron chi connectivity index (χ2n) is 6.16. The van der Waals surface area contributed by atoms with Gasteiger partial charge in [0.15, 0.2) is 0 Å². The summed E-state index contributed by atoms with van der Waals surface area (Å²) in [4.78, 5) is 27.6. The van der Waals surface area contributed by atoms with Crippen molar-refractivity contribution in [2.24, 2.45) is 0 Å². The van der Waals surface area contributed by atoms with Crippen LogP contribution < -0.4 is 10.6 Å². The third kappa shape index (κ3) is 2.91. The molecule has 0 radical (unpaired) electrons. The molecule has 0 aliphatic carbocycles. The molecule has 1 aliphatic rings. The second-order valence-corrected chi connectivity index (χ2v) is 7.41. The molecule has 1 atom stereocenters. The number of amides is 2. The lowest BCUT2D eigenvalue weighted by Gasteiger charge is -2.20. The number of aryl methyl sites for hydroxylation is 3. The van der Waals surface area contributed by atoms with Gasteiger partial charge in [0.05, 0.1) is 10.9 Å². The Kier molecular flexibility index (Phi) is 4.37. The predicted molar refractivity (Wildman–Crippen MR) is 98.3 cm³/mol. The monoisotopic (exact) mass is 340 g/mol. The van der Waals surface area contributed by atoms with Crippen LogP contribution in [-0.4, -0.2) is 17.1 Å². The highest BCUT2D eigenvalue weighted by atomic mass is 32.2. The molecule has 1 saturated heterocycles. The number of rotatable bonds is 3. The number of anilines is 2. The fourth-order valence-electron chi connectivity index (χ4n) is 3.20.